The lowest BCUT2D eigenvalue weighted by Gasteiger charge is -2.02. The van der Waals surface area contributed by atoms with E-state index in [9.17, 15) is 0 Å². The minimum Gasteiger partial charge on any atom is -0.103 e. The molecule has 0 amide bonds. The number of fused-ring (bicyclic) bond motifs is 1. The van der Waals surface area contributed by atoms with Crippen molar-refractivity contribution in [3.63, 3.8) is 0 Å². The first-order valence-electron chi connectivity index (χ1n) is 5.40. The first-order chi connectivity index (χ1) is 7.40. The van der Waals surface area contributed by atoms with Crippen molar-refractivity contribution in [1.82, 2.24) is 0 Å². The molecule has 0 saturated heterocycles. The molecular weight excluding hydrogens is 180 g/mol. The average Bonchev–Trinajstić information content (AvgIpc) is 2.29. The number of hydrogen-bond acceptors (Lipinski definition) is 0. The maximum atomic E-state index is 3.74. The molecule has 0 saturated carbocycles. The summed E-state index contributed by atoms with van der Waals surface area (Å²) in [5.74, 6) is 0. The van der Waals surface area contributed by atoms with Gasteiger partial charge >= 0.3 is 0 Å². The summed E-state index contributed by atoms with van der Waals surface area (Å²) in [6.45, 7) is 3.74. The van der Waals surface area contributed by atoms with Crippen LogP contribution in [0.2, 0.25) is 0 Å². The zero-order valence-corrected chi connectivity index (χ0v) is 8.87. The highest BCUT2D eigenvalue weighted by molar-refractivity contribution is 5.82. The van der Waals surface area contributed by atoms with Crippen LogP contribution in [0.15, 0.2) is 49.1 Å². The van der Waals surface area contributed by atoms with Gasteiger partial charge in [-0.25, -0.2) is 0 Å². The third-order valence-electron chi connectivity index (χ3n) is 2.60. The largest absolute Gasteiger partial charge is 0.103 e. The van der Waals surface area contributed by atoms with Crippen LogP contribution in [0.3, 0.4) is 0 Å². The SMILES string of the molecule is C=CCCCc1ccc2ccc[c]c2c1. The van der Waals surface area contributed by atoms with Crippen molar-refractivity contribution in [2.75, 3.05) is 0 Å². The van der Waals surface area contributed by atoms with Crippen LogP contribution >= 0.6 is 0 Å². The van der Waals surface area contributed by atoms with E-state index in [-0.39, 0.29) is 0 Å². The Labute approximate surface area is 91.2 Å². The number of rotatable bonds is 4. The third kappa shape index (κ3) is 2.47. The Morgan fingerprint density at radius 3 is 3.07 bits per heavy atom. The summed E-state index contributed by atoms with van der Waals surface area (Å²) in [6, 6.07) is 16.0. The van der Waals surface area contributed by atoms with Gasteiger partial charge in [0, 0.05) is 0 Å². The molecule has 2 aromatic rings. The zero-order chi connectivity index (χ0) is 10.5. The molecule has 1 radical (unpaired) electrons. The molecule has 15 heavy (non-hydrogen) atoms. The second-order valence-corrected chi connectivity index (χ2v) is 3.77. The van der Waals surface area contributed by atoms with Gasteiger partial charge in [0.25, 0.3) is 0 Å². The molecule has 0 bridgehead atoms. The number of hydrogen-bond donors (Lipinski definition) is 0. The lowest BCUT2D eigenvalue weighted by atomic mass is 10.0. The lowest BCUT2D eigenvalue weighted by molar-refractivity contribution is 0.845. The van der Waals surface area contributed by atoms with Gasteiger partial charge < -0.3 is 0 Å². The maximum Gasteiger partial charge on any atom is -0.00991 e. The molecule has 0 unspecified atom stereocenters. The number of allylic oxidation sites excluding steroid dienone is 1. The predicted molar refractivity (Wildman–Crippen MR) is 65.9 cm³/mol. The molecule has 0 nitrogen and oxygen atoms in total. The van der Waals surface area contributed by atoms with Gasteiger partial charge in [-0.2, -0.15) is 0 Å². The summed E-state index contributed by atoms with van der Waals surface area (Å²) in [7, 11) is 0. The van der Waals surface area contributed by atoms with Crippen LogP contribution in [-0.2, 0) is 6.42 Å². The van der Waals surface area contributed by atoms with E-state index < -0.39 is 0 Å². The van der Waals surface area contributed by atoms with Gasteiger partial charge in [0.1, 0.15) is 0 Å². The normalized spacial score (nSPS) is 10.4. The zero-order valence-electron chi connectivity index (χ0n) is 8.87. The molecule has 0 aliphatic heterocycles. The second-order valence-electron chi connectivity index (χ2n) is 3.77. The Morgan fingerprint density at radius 2 is 2.20 bits per heavy atom. The van der Waals surface area contributed by atoms with Crippen LogP contribution in [0.5, 0.6) is 0 Å². The summed E-state index contributed by atoms with van der Waals surface area (Å²) in [4.78, 5) is 0. The second kappa shape index (κ2) is 4.79. The Morgan fingerprint density at radius 1 is 1.27 bits per heavy atom. The molecule has 0 aliphatic rings. The maximum absolute atomic E-state index is 3.74. The first kappa shape index (κ1) is 9.97. The van der Waals surface area contributed by atoms with Crippen LogP contribution in [-0.4, -0.2) is 0 Å². The molecule has 0 N–H and O–H groups in total. The van der Waals surface area contributed by atoms with E-state index in [1.165, 1.54) is 22.8 Å². The van der Waals surface area contributed by atoms with E-state index in [1.54, 1.807) is 0 Å². The fraction of sp³-hybridized carbons (Fsp3) is 0.200. The van der Waals surface area contributed by atoms with Crippen molar-refractivity contribution >= 4 is 10.8 Å². The molecule has 0 spiro atoms. The quantitative estimate of drug-likeness (QED) is 0.508. The summed E-state index contributed by atoms with van der Waals surface area (Å²) >= 11 is 0. The average molecular weight is 195 g/mol. The van der Waals surface area contributed by atoms with E-state index >= 15 is 0 Å². The van der Waals surface area contributed by atoms with E-state index in [1.807, 2.05) is 18.2 Å². The van der Waals surface area contributed by atoms with Gasteiger partial charge in [-0.3, -0.25) is 0 Å². The molecular formula is C15H15. The van der Waals surface area contributed by atoms with Gasteiger partial charge in [-0.15, -0.1) is 6.58 Å². The van der Waals surface area contributed by atoms with Crippen molar-refractivity contribution in [3.05, 3.63) is 60.7 Å². The fourth-order valence-electron chi connectivity index (χ4n) is 1.77. The Bertz CT molecular complexity index is 454. The van der Waals surface area contributed by atoms with Crippen molar-refractivity contribution in [2.24, 2.45) is 0 Å². The van der Waals surface area contributed by atoms with Crippen molar-refractivity contribution in [1.29, 1.82) is 0 Å². The van der Waals surface area contributed by atoms with Crippen LogP contribution in [0.4, 0.5) is 0 Å². The van der Waals surface area contributed by atoms with E-state index in [0.717, 1.165) is 12.8 Å². The minimum atomic E-state index is 1.09. The molecule has 0 aliphatic carbocycles. The first-order valence-corrected chi connectivity index (χ1v) is 5.40. The van der Waals surface area contributed by atoms with Gasteiger partial charge in [-0.1, -0.05) is 42.5 Å². The molecule has 0 heteroatoms. The van der Waals surface area contributed by atoms with Gasteiger partial charge in [0.15, 0.2) is 0 Å². The molecule has 75 valence electrons. The molecule has 0 atom stereocenters. The highest BCUT2D eigenvalue weighted by Gasteiger charge is 1.95. The molecule has 2 aromatic carbocycles. The molecule has 0 aromatic heterocycles. The molecule has 2 rings (SSSR count). The summed E-state index contributed by atoms with van der Waals surface area (Å²) < 4.78 is 0. The van der Waals surface area contributed by atoms with Crippen LogP contribution in [0.25, 0.3) is 10.8 Å². The fourth-order valence-corrected chi connectivity index (χ4v) is 1.77. The summed E-state index contributed by atoms with van der Waals surface area (Å²) in [6.07, 6.45) is 5.39. The standard InChI is InChI=1S/C15H15/c1-2-3-4-7-13-10-11-14-8-5-6-9-15(14)12-13/h2,5-6,8,10-12H,1,3-4,7H2. The van der Waals surface area contributed by atoms with Crippen LogP contribution in [0, 0.1) is 6.07 Å². The molecule has 0 heterocycles. The number of aryl methyl sites for hydroxylation is 1. The highest BCUT2D eigenvalue weighted by atomic mass is 14.0. The number of unbranched alkanes of at least 4 members (excludes halogenated alkanes) is 1. The van der Waals surface area contributed by atoms with Gasteiger partial charge in [0.2, 0.25) is 0 Å². The van der Waals surface area contributed by atoms with Crippen molar-refractivity contribution < 1.29 is 0 Å². The Hall–Kier alpha value is -1.56. The number of benzene rings is 2. The third-order valence-corrected chi connectivity index (χ3v) is 2.60. The summed E-state index contributed by atoms with van der Waals surface area (Å²) in [5, 5.41) is 2.48. The van der Waals surface area contributed by atoms with E-state index in [0.29, 0.717) is 0 Å². The van der Waals surface area contributed by atoms with Gasteiger partial charge in [0.05, 0.1) is 0 Å². The minimum absolute atomic E-state index is 1.09. The van der Waals surface area contributed by atoms with Crippen molar-refractivity contribution in [2.45, 2.75) is 19.3 Å². The lowest BCUT2D eigenvalue weighted by Crippen LogP contribution is -1.84. The van der Waals surface area contributed by atoms with Crippen LogP contribution < -0.4 is 0 Å². The van der Waals surface area contributed by atoms with Gasteiger partial charge in [-0.05, 0) is 41.7 Å². The van der Waals surface area contributed by atoms with Crippen molar-refractivity contribution in [3.8, 4) is 0 Å². The topological polar surface area (TPSA) is 0 Å². The monoisotopic (exact) mass is 195 g/mol. The Kier molecular flexibility index (Phi) is 3.18. The summed E-state index contributed by atoms with van der Waals surface area (Å²) in [5.41, 5.74) is 1.40. The van der Waals surface area contributed by atoms with E-state index in [2.05, 4.69) is 36.9 Å². The Balaban J connectivity index is 2.19. The van der Waals surface area contributed by atoms with E-state index in [4.69, 9.17) is 0 Å². The molecule has 0 fully saturated rings. The predicted octanol–water partition coefficient (Wildman–Crippen LogP) is 4.15. The highest BCUT2D eigenvalue weighted by Crippen LogP contribution is 2.16. The smallest absolute Gasteiger partial charge is 0.00991 e. The van der Waals surface area contributed by atoms with Crippen LogP contribution in [0.1, 0.15) is 18.4 Å².